The Morgan fingerprint density at radius 2 is 2.00 bits per heavy atom. The summed E-state index contributed by atoms with van der Waals surface area (Å²) in [6.45, 7) is 6.85. The van der Waals surface area contributed by atoms with Crippen LogP contribution in [0.4, 0.5) is 14.9 Å². The van der Waals surface area contributed by atoms with Gasteiger partial charge >= 0.3 is 6.09 Å². The normalized spacial score (nSPS) is 15.8. The number of piperidine rings is 1. The van der Waals surface area contributed by atoms with E-state index in [4.69, 9.17) is 9.15 Å². The molecule has 0 bridgehead atoms. The van der Waals surface area contributed by atoms with Crippen molar-refractivity contribution in [2.45, 2.75) is 45.3 Å². The Kier molecular flexibility index (Phi) is 5.20. The Morgan fingerprint density at radius 1 is 1.27 bits per heavy atom. The summed E-state index contributed by atoms with van der Waals surface area (Å²) >= 11 is 0. The summed E-state index contributed by atoms with van der Waals surface area (Å²) in [7, 11) is 0. The maximum atomic E-state index is 13.7. The smallest absolute Gasteiger partial charge is 0.410 e. The average molecular weight is 360 g/mol. The van der Waals surface area contributed by atoms with E-state index in [0.29, 0.717) is 24.4 Å². The van der Waals surface area contributed by atoms with Crippen molar-refractivity contribution in [3.63, 3.8) is 0 Å². The van der Waals surface area contributed by atoms with Crippen LogP contribution in [0.1, 0.15) is 33.6 Å². The van der Waals surface area contributed by atoms with Gasteiger partial charge in [-0.15, -0.1) is 0 Å². The molecule has 5 nitrogen and oxygen atoms in total. The Labute approximate surface area is 153 Å². The minimum Gasteiger partial charge on any atom is -0.464 e. The summed E-state index contributed by atoms with van der Waals surface area (Å²) in [4.78, 5) is 13.9. The third-order valence-corrected chi connectivity index (χ3v) is 4.27. The molecule has 0 saturated carbocycles. The molecule has 1 N–H and O–H groups in total. The number of furan rings is 1. The van der Waals surface area contributed by atoms with Gasteiger partial charge in [0, 0.05) is 30.4 Å². The molecule has 26 heavy (non-hydrogen) atoms. The van der Waals surface area contributed by atoms with Crippen LogP contribution >= 0.6 is 0 Å². The Morgan fingerprint density at radius 3 is 2.62 bits per heavy atom. The maximum Gasteiger partial charge on any atom is 0.410 e. The number of amides is 1. The molecule has 1 fully saturated rings. The summed E-state index contributed by atoms with van der Waals surface area (Å²) in [6, 6.07) is 8.43. The molecule has 2 heterocycles. The predicted octanol–water partition coefficient (Wildman–Crippen LogP) is 4.90. The van der Waals surface area contributed by atoms with Crippen LogP contribution in [0.2, 0.25) is 0 Å². The van der Waals surface area contributed by atoms with Crippen LogP contribution < -0.4 is 5.32 Å². The molecule has 0 spiro atoms. The van der Waals surface area contributed by atoms with Crippen LogP contribution in [0, 0.1) is 5.82 Å². The second-order valence-corrected chi connectivity index (χ2v) is 7.55. The van der Waals surface area contributed by atoms with E-state index in [0.717, 1.165) is 18.5 Å². The zero-order valence-corrected chi connectivity index (χ0v) is 15.4. The highest BCUT2D eigenvalue weighted by Gasteiger charge is 2.27. The summed E-state index contributed by atoms with van der Waals surface area (Å²) < 4.78 is 24.5. The number of hydrogen-bond donors (Lipinski definition) is 1. The molecule has 0 atom stereocenters. The van der Waals surface area contributed by atoms with Gasteiger partial charge in [0.2, 0.25) is 0 Å². The number of benzene rings is 1. The van der Waals surface area contributed by atoms with E-state index >= 15 is 0 Å². The highest BCUT2D eigenvalue weighted by atomic mass is 19.1. The second kappa shape index (κ2) is 7.40. The standard InChI is InChI=1S/C20H25FN2O3/c1-20(2,3)26-19(24)23-10-8-15(9-11-23)22-17-7-6-14(21)13-16(17)18-5-4-12-25-18/h4-7,12-13,15,22H,8-11H2,1-3H3. The Hall–Kier alpha value is -2.50. The SMILES string of the molecule is CC(C)(C)OC(=O)N1CCC(Nc2ccc(F)cc2-c2ccco2)CC1. The summed E-state index contributed by atoms with van der Waals surface area (Å²) in [6.07, 6.45) is 2.90. The van der Waals surface area contributed by atoms with E-state index in [1.165, 1.54) is 12.1 Å². The van der Waals surface area contributed by atoms with Gasteiger partial charge in [0.25, 0.3) is 0 Å². The van der Waals surface area contributed by atoms with Gasteiger partial charge in [-0.1, -0.05) is 0 Å². The molecule has 1 aliphatic rings. The summed E-state index contributed by atoms with van der Waals surface area (Å²) in [5.74, 6) is 0.319. The van der Waals surface area contributed by atoms with Crippen LogP contribution in [-0.4, -0.2) is 35.7 Å². The van der Waals surface area contributed by atoms with Crippen molar-refractivity contribution in [1.29, 1.82) is 0 Å². The van der Waals surface area contributed by atoms with E-state index in [9.17, 15) is 9.18 Å². The number of ether oxygens (including phenoxy) is 1. The first-order valence-corrected chi connectivity index (χ1v) is 8.90. The molecular formula is C20H25FN2O3. The second-order valence-electron chi connectivity index (χ2n) is 7.55. The van der Waals surface area contributed by atoms with Crippen molar-refractivity contribution < 1.29 is 18.3 Å². The van der Waals surface area contributed by atoms with Gasteiger partial charge in [-0.2, -0.15) is 0 Å². The predicted molar refractivity (Wildman–Crippen MR) is 98.6 cm³/mol. The molecule has 3 rings (SSSR count). The van der Waals surface area contributed by atoms with Gasteiger partial charge in [0.15, 0.2) is 0 Å². The number of anilines is 1. The van der Waals surface area contributed by atoms with Crippen molar-refractivity contribution in [3.05, 3.63) is 42.4 Å². The van der Waals surface area contributed by atoms with Crippen LogP contribution in [0.5, 0.6) is 0 Å². The lowest BCUT2D eigenvalue weighted by molar-refractivity contribution is 0.0210. The maximum absolute atomic E-state index is 13.7. The molecule has 0 unspecified atom stereocenters. The third kappa shape index (κ3) is 4.56. The molecule has 1 aromatic heterocycles. The van der Waals surface area contributed by atoms with Gasteiger partial charge in [-0.05, 0) is 63.9 Å². The minimum atomic E-state index is -0.488. The molecule has 1 aliphatic heterocycles. The largest absolute Gasteiger partial charge is 0.464 e. The lowest BCUT2D eigenvalue weighted by atomic mass is 10.0. The van der Waals surface area contributed by atoms with Gasteiger partial charge in [0.1, 0.15) is 17.2 Å². The van der Waals surface area contributed by atoms with Crippen molar-refractivity contribution in [3.8, 4) is 11.3 Å². The number of rotatable bonds is 3. The summed E-state index contributed by atoms with van der Waals surface area (Å²) in [5, 5.41) is 3.47. The van der Waals surface area contributed by atoms with Crippen LogP contribution in [-0.2, 0) is 4.74 Å². The molecular weight excluding hydrogens is 335 g/mol. The van der Waals surface area contributed by atoms with Crippen LogP contribution in [0.15, 0.2) is 41.0 Å². The number of carbonyl (C=O) groups is 1. The van der Waals surface area contributed by atoms with Crippen LogP contribution in [0.25, 0.3) is 11.3 Å². The number of hydrogen-bond acceptors (Lipinski definition) is 4. The number of nitrogens with one attached hydrogen (secondary N) is 1. The molecule has 2 aromatic rings. The average Bonchev–Trinajstić information content (AvgIpc) is 3.10. The van der Waals surface area contributed by atoms with Crippen molar-refractivity contribution in [2.24, 2.45) is 0 Å². The topological polar surface area (TPSA) is 54.7 Å². The number of carbonyl (C=O) groups excluding carboxylic acids is 1. The zero-order valence-electron chi connectivity index (χ0n) is 15.4. The highest BCUT2D eigenvalue weighted by Crippen LogP contribution is 2.31. The van der Waals surface area contributed by atoms with Gasteiger partial charge in [0.05, 0.1) is 6.26 Å². The minimum absolute atomic E-state index is 0.202. The Balaban J connectivity index is 1.63. The zero-order chi connectivity index (χ0) is 18.7. The molecule has 0 aliphatic carbocycles. The van der Waals surface area contributed by atoms with Crippen molar-refractivity contribution >= 4 is 11.8 Å². The van der Waals surface area contributed by atoms with Gasteiger partial charge in [-0.3, -0.25) is 0 Å². The van der Waals surface area contributed by atoms with E-state index in [1.807, 2.05) is 26.8 Å². The number of halogens is 1. The lowest BCUT2D eigenvalue weighted by Gasteiger charge is -2.34. The van der Waals surface area contributed by atoms with Gasteiger partial charge < -0.3 is 19.4 Å². The Bertz CT molecular complexity index is 745. The first-order chi connectivity index (χ1) is 12.3. The number of nitrogens with zero attached hydrogens (tertiary/aromatic N) is 1. The third-order valence-electron chi connectivity index (χ3n) is 4.27. The summed E-state index contributed by atoms with van der Waals surface area (Å²) in [5.41, 5.74) is 1.04. The molecule has 1 aromatic carbocycles. The molecule has 1 amide bonds. The quantitative estimate of drug-likeness (QED) is 0.846. The van der Waals surface area contributed by atoms with E-state index in [1.54, 1.807) is 23.3 Å². The fourth-order valence-corrected chi connectivity index (χ4v) is 3.03. The first kappa shape index (κ1) is 18.3. The van der Waals surface area contributed by atoms with E-state index in [2.05, 4.69) is 5.32 Å². The fourth-order valence-electron chi connectivity index (χ4n) is 3.03. The molecule has 1 saturated heterocycles. The monoisotopic (exact) mass is 360 g/mol. The van der Waals surface area contributed by atoms with Crippen molar-refractivity contribution in [2.75, 3.05) is 18.4 Å². The van der Waals surface area contributed by atoms with E-state index in [-0.39, 0.29) is 18.0 Å². The molecule has 6 heteroatoms. The van der Waals surface area contributed by atoms with Crippen molar-refractivity contribution in [1.82, 2.24) is 4.90 Å². The van der Waals surface area contributed by atoms with Crippen LogP contribution in [0.3, 0.4) is 0 Å². The molecule has 140 valence electrons. The van der Waals surface area contributed by atoms with E-state index < -0.39 is 5.60 Å². The molecule has 0 radical (unpaired) electrons. The number of likely N-dealkylation sites (tertiary alicyclic amines) is 1. The first-order valence-electron chi connectivity index (χ1n) is 8.90. The highest BCUT2D eigenvalue weighted by molar-refractivity contribution is 5.75. The lowest BCUT2D eigenvalue weighted by Crippen LogP contribution is -2.44. The van der Waals surface area contributed by atoms with Gasteiger partial charge in [-0.25, -0.2) is 9.18 Å². The fraction of sp³-hybridized carbons (Fsp3) is 0.450.